The Kier molecular flexibility index (Phi) is 5.63. The first-order valence-electron chi connectivity index (χ1n) is 10.2. The Hall–Kier alpha value is -3.07. The molecule has 0 radical (unpaired) electrons. The van der Waals surface area contributed by atoms with Crippen molar-refractivity contribution in [3.63, 3.8) is 0 Å². The summed E-state index contributed by atoms with van der Waals surface area (Å²) in [6.07, 6.45) is 1.19. The number of imidazole rings is 1. The van der Waals surface area contributed by atoms with Gasteiger partial charge >= 0.3 is 5.69 Å². The zero-order chi connectivity index (χ0) is 21.3. The highest BCUT2D eigenvalue weighted by molar-refractivity contribution is 5.74. The first kappa shape index (κ1) is 20.2. The van der Waals surface area contributed by atoms with Crippen LogP contribution in [0.4, 0.5) is 5.95 Å². The van der Waals surface area contributed by atoms with Gasteiger partial charge in [-0.2, -0.15) is 4.98 Å². The molecule has 160 valence electrons. The van der Waals surface area contributed by atoms with Crippen LogP contribution >= 0.6 is 0 Å². The highest BCUT2D eigenvalue weighted by atomic mass is 16.5. The van der Waals surface area contributed by atoms with E-state index in [1.54, 1.807) is 11.6 Å². The van der Waals surface area contributed by atoms with Gasteiger partial charge in [-0.3, -0.25) is 14.3 Å². The Morgan fingerprint density at radius 2 is 1.93 bits per heavy atom. The summed E-state index contributed by atoms with van der Waals surface area (Å²) in [5, 5.41) is 10.6. The molecule has 1 saturated heterocycles. The number of anilines is 1. The molecule has 1 unspecified atom stereocenters. The SMILES string of the molecule is CC1CCN(c2nc3c(c(=O)[nH]c(=O)n3C)n2CC(O)COc2ccccc2)CC1. The molecule has 9 nitrogen and oxygen atoms in total. The van der Waals surface area contributed by atoms with E-state index >= 15 is 0 Å². The maximum absolute atomic E-state index is 12.6. The zero-order valence-electron chi connectivity index (χ0n) is 17.2. The summed E-state index contributed by atoms with van der Waals surface area (Å²) in [6, 6.07) is 9.25. The minimum Gasteiger partial charge on any atom is -0.491 e. The summed E-state index contributed by atoms with van der Waals surface area (Å²) in [5.74, 6) is 1.90. The number of nitrogens with zero attached hydrogens (tertiary/aromatic N) is 4. The number of benzene rings is 1. The summed E-state index contributed by atoms with van der Waals surface area (Å²) in [7, 11) is 1.58. The van der Waals surface area contributed by atoms with Crippen molar-refractivity contribution in [1.29, 1.82) is 0 Å². The van der Waals surface area contributed by atoms with Crippen molar-refractivity contribution in [1.82, 2.24) is 19.1 Å². The van der Waals surface area contributed by atoms with Gasteiger partial charge in [0, 0.05) is 20.1 Å². The van der Waals surface area contributed by atoms with Gasteiger partial charge in [-0.1, -0.05) is 25.1 Å². The first-order valence-corrected chi connectivity index (χ1v) is 10.2. The van der Waals surface area contributed by atoms with E-state index in [1.807, 2.05) is 30.3 Å². The summed E-state index contributed by atoms with van der Waals surface area (Å²) >= 11 is 0. The number of aliphatic hydroxyl groups is 1. The van der Waals surface area contributed by atoms with Crippen LogP contribution in [-0.2, 0) is 13.6 Å². The van der Waals surface area contributed by atoms with Crippen LogP contribution in [0, 0.1) is 5.92 Å². The molecule has 4 rings (SSSR count). The van der Waals surface area contributed by atoms with Crippen molar-refractivity contribution in [2.45, 2.75) is 32.4 Å². The molecule has 1 aliphatic rings. The molecular formula is C21H27N5O4. The largest absolute Gasteiger partial charge is 0.491 e. The molecule has 0 bridgehead atoms. The van der Waals surface area contributed by atoms with E-state index in [0.29, 0.717) is 23.3 Å². The topological polar surface area (TPSA) is 105 Å². The monoisotopic (exact) mass is 413 g/mol. The molecule has 1 aromatic carbocycles. The number of aromatic amines is 1. The van der Waals surface area contributed by atoms with Gasteiger partial charge in [0.05, 0.1) is 6.54 Å². The van der Waals surface area contributed by atoms with Crippen molar-refractivity contribution in [3.8, 4) is 5.75 Å². The number of nitrogens with one attached hydrogen (secondary N) is 1. The number of piperidine rings is 1. The second-order valence-electron chi connectivity index (χ2n) is 7.96. The van der Waals surface area contributed by atoms with Crippen LogP contribution < -0.4 is 20.9 Å². The van der Waals surface area contributed by atoms with Gasteiger partial charge in [0.2, 0.25) is 5.95 Å². The Labute approximate surface area is 173 Å². The van der Waals surface area contributed by atoms with E-state index in [-0.39, 0.29) is 18.7 Å². The predicted octanol–water partition coefficient (Wildman–Crippen LogP) is 1.10. The molecule has 9 heteroatoms. The molecule has 1 fully saturated rings. The number of aryl methyl sites for hydroxylation is 1. The maximum Gasteiger partial charge on any atom is 0.329 e. The molecule has 0 amide bonds. The number of hydrogen-bond donors (Lipinski definition) is 2. The van der Waals surface area contributed by atoms with E-state index in [0.717, 1.165) is 25.9 Å². The fourth-order valence-corrected chi connectivity index (χ4v) is 3.82. The van der Waals surface area contributed by atoms with Crippen LogP contribution in [0.2, 0.25) is 0 Å². The second kappa shape index (κ2) is 8.35. The second-order valence-corrected chi connectivity index (χ2v) is 7.96. The molecule has 1 atom stereocenters. The number of aliphatic hydroxyl groups excluding tert-OH is 1. The number of H-pyrrole nitrogens is 1. The van der Waals surface area contributed by atoms with Gasteiger partial charge in [0.15, 0.2) is 11.2 Å². The number of hydrogen-bond acceptors (Lipinski definition) is 6. The Morgan fingerprint density at radius 1 is 1.23 bits per heavy atom. The molecular weight excluding hydrogens is 386 g/mol. The lowest BCUT2D eigenvalue weighted by Gasteiger charge is -2.31. The van der Waals surface area contributed by atoms with Crippen LogP contribution in [0.25, 0.3) is 11.2 Å². The lowest BCUT2D eigenvalue weighted by Crippen LogP contribution is -2.36. The number of para-hydroxylation sites is 1. The summed E-state index contributed by atoms with van der Waals surface area (Å²) in [6.45, 7) is 4.05. The molecule has 0 spiro atoms. The average Bonchev–Trinajstić information content (AvgIpc) is 3.12. The Bertz CT molecular complexity index is 1130. The van der Waals surface area contributed by atoms with E-state index in [1.165, 1.54) is 4.57 Å². The lowest BCUT2D eigenvalue weighted by molar-refractivity contribution is 0.0936. The van der Waals surface area contributed by atoms with Crippen molar-refractivity contribution in [2.24, 2.45) is 13.0 Å². The molecule has 2 N–H and O–H groups in total. The number of rotatable bonds is 6. The van der Waals surface area contributed by atoms with Crippen molar-refractivity contribution in [2.75, 3.05) is 24.6 Å². The molecule has 3 aromatic rings. The minimum absolute atomic E-state index is 0.0732. The van der Waals surface area contributed by atoms with Crippen LogP contribution in [0.1, 0.15) is 19.8 Å². The minimum atomic E-state index is -0.860. The third-order valence-electron chi connectivity index (χ3n) is 5.63. The van der Waals surface area contributed by atoms with Gasteiger partial charge < -0.3 is 19.3 Å². The van der Waals surface area contributed by atoms with Gasteiger partial charge in [-0.05, 0) is 30.9 Å². The Balaban J connectivity index is 1.67. The van der Waals surface area contributed by atoms with Crippen LogP contribution in [0.3, 0.4) is 0 Å². The highest BCUT2D eigenvalue weighted by Crippen LogP contribution is 2.25. The van der Waals surface area contributed by atoms with Crippen molar-refractivity contribution in [3.05, 3.63) is 51.2 Å². The van der Waals surface area contributed by atoms with E-state index in [4.69, 9.17) is 4.74 Å². The first-order chi connectivity index (χ1) is 14.4. The highest BCUT2D eigenvalue weighted by Gasteiger charge is 2.25. The normalized spacial score (nSPS) is 16.2. The van der Waals surface area contributed by atoms with Crippen molar-refractivity contribution >= 4 is 17.1 Å². The molecule has 0 saturated carbocycles. The van der Waals surface area contributed by atoms with Gasteiger partial charge in [0.25, 0.3) is 5.56 Å². The number of ether oxygens (including phenoxy) is 1. The smallest absolute Gasteiger partial charge is 0.329 e. The standard InChI is InChI=1S/C21H27N5O4/c1-14-8-10-25(11-9-14)20-22-18-17(19(28)23-21(29)24(18)2)26(20)12-15(27)13-30-16-6-4-3-5-7-16/h3-7,14-15,27H,8-13H2,1-2H3,(H,23,28,29). The van der Waals surface area contributed by atoms with Gasteiger partial charge in [0.1, 0.15) is 18.5 Å². The van der Waals surface area contributed by atoms with Gasteiger partial charge in [-0.25, -0.2) is 4.79 Å². The summed E-state index contributed by atoms with van der Waals surface area (Å²) in [4.78, 5) is 33.8. The summed E-state index contributed by atoms with van der Waals surface area (Å²) in [5.41, 5.74) is -0.421. The maximum atomic E-state index is 12.6. The third kappa shape index (κ3) is 3.97. The molecule has 2 aromatic heterocycles. The van der Waals surface area contributed by atoms with Crippen molar-refractivity contribution < 1.29 is 9.84 Å². The number of aromatic nitrogens is 4. The van der Waals surface area contributed by atoms with Crippen LogP contribution in [-0.4, -0.2) is 50.0 Å². The average molecular weight is 413 g/mol. The van der Waals surface area contributed by atoms with Crippen LogP contribution in [0.15, 0.2) is 39.9 Å². The Morgan fingerprint density at radius 3 is 2.63 bits per heavy atom. The van der Waals surface area contributed by atoms with Crippen LogP contribution in [0.5, 0.6) is 5.75 Å². The molecule has 3 heterocycles. The van der Waals surface area contributed by atoms with E-state index < -0.39 is 17.4 Å². The molecule has 30 heavy (non-hydrogen) atoms. The van der Waals surface area contributed by atoms with E-state index in [9.17, 15) is 14.7 Å². The molecule has 0 aliphatic carbocycles. The fourth-order valence-electron chi connectivity index (χ4n) is 3.82. The predicted molar refractivity (Wildman–Crippen MR) is 114 cm³/mol. The van der Waals surface area contributed by atoms with Gasteiger partial charge in [-0.15, -0.1) is 0 Å². The van der Waals surface area contributed by atoms with E-state index in [2.05, 4.69) is 21.8 Å². The number of fused-ring (bicyclic) bond motifs is 1. The fraction of sp³-hybridized carbons (Fsp3) is 0.476. The summed E-state index contributed by atoms with van der Waals surface area (Å²) < 4.78 is 8.70. The lowest BCUT2D eigenvalue weighted by atomic mass is 10.00. The zero-order valence-corrected chi connectivity index (χ0v) is 17.2. The third-order valence-corrected chi connectivity index (χ3v) is 5.63. The molecule has 1 aliphatic heterocycles. The quantitative estimate of drug-likeness (QED) is 0.627.